The van der Waals surface area contributed by atoms with E-state index in [9.17, 15) is 9.59 Å². The Morgan fingerprint density at radius 1 is 1.24 bits per heavy atom. The molecule has 2 aliphatic rings. The van der Waals surface area contributed by atoms with Crippen LogP contribution >= 0.6 is 0 Å². The highest BCUT2D eigenvalue weighted by Crippen LogP contribution is 2.43. The Morgan fingerprint density at radius 3 is 2.80 bits per heavy atom. The highest BCUT2D eigenvalue weighted by molar-refractivity contribution is 5.85. The summed E-state index contributed by atoms with van der Waals surface area (Å²) >= 11 is 0. The highest BCUT2D eigenvalue weighted by atomic mass is 16.4. The zero-order chi connectivity index (χ0) is 17.4. The Balaban J connectivity index is 1.42. The van der Waals surface area contributed by atoms with E-state index in [1.54, 1.807) is 6.20 Å². The summed E-state index contributed by atoms with van der Waals surface area (Å²) < 4.78 is 1.52. The smallest absolute Gasteiger partial charge is 0.356 e. The number of carbonyl (C=O) groups excluding carboxylic acids is 1. The average Bonchev–Trinajstić information content (AvgIpc) is 3.35. The van der Waals surface area contributed by atoms with Crippen LogP contribution in [0.2, 0.25) is 0 Å². The predicted molar refractivity (Wildman–Crippen MR) is 91.2 cm³/mol. The fourth-order valence-electron chi connectivity index (χ4n) is 3.79. The zero-order valence-electron chi connectivity index (χ0n) is 13.6. The van der Waals surface area contributed by atoms with E-state index >= 15 is 0 Å². The SMILES string of the molecule is O=C(O)c1ccn(-c2cccc(CNC(=O)C3CC4C=CC3C4)c2)n1. The monoisotopic (exact) mass is 337 g/mol. The van der Waals surface area contributed by atoms with Gasteiger partial charge in [-0.3, -0.25) is 4.79 Å². The number of aromatic nitrogens is 2. The number of nitrogens with one attached hydrogen (secondary N) is 1. The molecule has 0 spiro atoms. The molecule has 1 amide bonds. The Bertz CT molecular complexity index is 855. The van der Waals surface area contributed by atoms with Gasteiger partial charge in [0.1, 0.15) is 0 Å². The topological polar surface area (TPSA) is 84.2 Å². The highest BCUT2D eigenvalue weighted by Gasteiger charge is 2.39. The summed E-state index contributed by atoms with van der Waals surface area (Å²) in [6.07, 6.45) is 8.09. The van der Waals surface area contributed by atoms with Crippen molar-refractivity contribution in [1.82, 2.24) is 15.1 Å². The number of rotatable bonds is 5. The molecule has 2 aromatic rings. The molecule has 2 N–H and O–H groups in total. The van der Waals surface area contributed by atoms with Gasteiger partial charge < -0.3 is 10.4 Å². The van der Waals surface area contributed by atoms with E-state index in [1.807, 2.05) is 24.3 Å². The summed E-state index contributed by atoms with van der Waals surface area (Å²) in [5.74, 6) is 0.140. The average molecular weight is 337 g/mol. The number of aromatic carboxylic acids is 1. The van der Waals surface area contributed by atoms with Crippen molar-refractivity contribution < 1.29 is 14.7 Å². The van der Waals surface area contributed by atoms with Crippen LogP contribution in [0, 0.1) is 17.8 Å². The van der Waals surface area contributed by atoms with Gasteiger partial charge in [-0.1, -0.05) is 24.3 Å². The van der Waals surface area contributed by atoms with Crippen molar-refractivity contribution in [1.29, 1.82) is 0 Å². The number of carboxylic acid groups (broad SMARTS) is 1. The van der Waals surface area contributed by atoms with Gasteiger partial charge in [-0.15, -0.1) is 0 Å². The molecule has 3 atom stereocenters. The van der Waals surface area contributed by atoms with Crippen LogP contribution in [0.5, 0.6) is 0 Å². The molecule has 128 valence electrons. The number of carboxylic acids is 1. The maximum absolute atomic E-state index is 12.4. The standard InChI is InChI=1S/C19H19N3O3/c23-18(16-10-12-4-5-14(16)8-12)20-11-13-2-1-3-15(9-13)22-7-6-17(21-22)19(24)25/h1-7,9,12,14,16H,8,10-11H2,(H,20,23)(H,24,25). The third-order valence-corrected chi connectivity index (χ3v) is 5.07. The van der Waals surface area contributed by atoms with Crippen molar-refractivity contribution in [2.24, 2.45) is 17.8 Å². The van der Waals surface area contributed by atoms with Crippen LogP contribution in [-0.2, 0) is 11.3 Å². The first-order valence-corrected chi connectivity index (χ1v) is 8.44. The van der Waals surface area contributed by atoms with Gasteiger partial charge >= 0.3 is 5.97 Å². The molecule has 6 heteroatoms. The summed E-state index contributed by atoms with van der Waals surface area (Å²) in [7, 11) is 0. The lowest BCUT2D eigenvalue weighted by atomic mass is 9.93. The van der Waals surface area contributed by atoms with E-state index in [2.05, 4.69) is 22.6 Å². The Morgan fingerprint density at radius 2 is 2.12 bits per heavy atom. The van der Waals surface area contributed by atoms with Crippen molar-refractivity contribution in [2.45, 2.75) is 19.4 Å². The van der Waals surface area contributed by atoms with Crippen molar-refractivity contribution in [2.75, 3.05) is 0 Å². The Labute approximate surface area is 145 Å². The molecule has 6 nitrogen and oxygen atoms in total. The van der Waals surface area contributed by atoms with E-state index in [1.165, 1.54) is 10.7 Å². The summed E-state index contributed by atoms with van der Waals surface area (Å²) in [6, 6.07) is 9.02. The maximum atomic E-state index is 12.4. The minimum atomic E-state index is -1.05. The first-order chi connectivity index (χ1) is 12.1. The second-order valence-corrected chi connectivity index (χ2v) is 6.73. The molecule has 0 radical (unpaired) electrons. The zero-order valence-corrected chi connectivity index (χ0v) is 13.6. The first kappa shape index (κ1) is 15.6. The van der Waals surface area contributed by atoms with Gasteiger partial charge in [0.15, 0.2) is 5.69 Å². The van der Waals surface area contributed by atoms with E-state index < -0.39 is 5.97 Å². The van der Waals surface area contributed by atoms with Gasteiger partial charge in [-0.25, -0.2) is 9.48 Å². The molecule has 0 saturated heterocycles. The fourth-order valence-corrected chi connectivity index (χ4v) is 3.79. The lowest BCUT2D eigenvalue weighted by molar-refractivity contribution is -0.125. The van der Waals surface area contributed by atoms with Crippen molar-refractivity contribution in [3.63, 3.8) is 0 Å². The van der Waals surface area contributed by atoms with Crippen molar-refractivity contribution in [3.8, 4) is 5.69 Å². The number of carbonyl (C=O) groups is 2. The first-order valence-electron chi connectivity index (χ1n) is 8.44. The van der Waals surface area contributed by atoms with Gasteiger partial charge in [0.05, 0.1) is 5.69 Å². The Kier molecular flexibility index (Phi) is 3.87. The molecule has 2 bridgehead atoms. The summed E-state index contributed by atoms with van der Waals surface area (Å²) in [4.78, 5) is 23.4. The molecule has 4 rings (SSSR count). The second kappa shape index (κ2) is 6.20. The Hall–Kier alpha value is -2.89. The molecule has 1 aromatic carbocycles. The van der Waals surface area contributed by atoms with E-state index in [4.69, 9.17) is 5.11 Å². The summed E-state index contributed by atoms with van der Waals surface area (Å²) in [5.41, 5.74) is 1.72. The van der Waals surface area contributed by atoms with E-state index in [-0.39, 0.29) is 17.5 Å². The molecule has 1 fully saturated rings. The second-order valence-electron chi connectivity index (χ2n) is 6.73. The van der Waals surface area contributed by atoms with Crippen molar-refractivity contribution >= 4 is 11.9 Å². The van der Waals surface area contributed by atoms with Gasteiger partial charge in [-0.05, 0) is 48.4 Å². The fraction of sp³-hybridized carbons (Fsp3) is 0.316. The molecule has 1 saturated carbocycles. The van der Waals surface area contributed by atoms with E-state index in [0.717, 1.165) is 24.1 Å². The number of fused-ring (bicyclic) bond motifs is 2. The number of hydrogen-bond acceptors (Lipinski definition) is 3. The molecule has 1 aromatic heterocycles. The number of nitrogens with zero attached hydrogens (tertiary/aromatic N) is 2. The maximum Gasteiger partial charge on any atom is 0.356 e. The van der Waals surface area contributed by atoms with Gasteiger partial charge in [0.2, 0.25) is 5.91 Å². The van der Waals surface area contributed by atoms with Gasteiger partial charge in [0, 0.05) is 18.7 Å². The predicted octanol–water partition coefficient (Wildman–Crippen LogP) is 2.40. The van der Waals surface area contributed by atoms with Crippen LogP contribution < -0.4 is 5.32 Å². The number of hydrogen-bond donors (Lipinski definition) is 2. The van der Waals surface area contributed by atoms with Crippen LogP contribution in [-0.4, -0.2) is 26.8 Å². The van der Waals surface area contributed by atoms with Crippen LogP contribution in [0.15, 0.2) is 48.7 Å². The number of amides is 1. The van der Waals surface area contributed by atoms with Crippen LogP contribution in [0.1, 0.15) is 28.9 Å². The molecular formula is C19H19N3O3. The third-order valence-electron chi connectivity index (χ3n) is 5.07. The van der Waals surface area contributed by atoms with Gasteiger partial charge in [-0.2, -0.15) is 5.10 Å². The number of allylic oxidation sites excluding steroid dienone is 2. The minimum Gasteiger partial charge on any atom is -0.476 e. The summed E-state index contributed by atoms with van der Waals surface area (Å²) in [6.45, 7) is 0.456. The minimum absolute atomic E-state index is 0.00282. The number of benzene rings is 1. The van der Waals surface area contributed by atoms with Crippen LogP contribution in [0.4, 0.5) is 0 Å². The van der Waals surface area contributed by atoms with Gasteiger partial charge in [0.25, 0.3) is 0 Å². The quantitative estimate of drug-likeness (QED) is 0.821. The molecule has 2 aliphatic carbocycles. The molecule has 0 aliphatic heterocycles. The molecule has 1 heterocycles. The lowest BCUT2D eigenvalue weighted by Gasteiger charge is -2.17. The lowest BCUT2D eigenvalue weighted by Crippen LogP contribution is -2.32. The van der Waals surface area contributed by atoms with E-state index in [0.29, 0.717) is 18.4 Å². The summed E-state index contributed by atoms with van der Waals surface area (Å²) in [5, 5.41) is 16.0. The molecule has 25 heavy (non-hydrogen) atoms. The molecule has 3 unspecified atom stereocenters. The van der Waals surface area contributed by atoms with Crippen LogP contribution in [0.25, 0.3) is 5.69 Å². The largest absolute Gasteiger partial charge is 0.476 e. The third kappa shape index (κ3) is 3.07. The van der Waals surface area contributed by atoms with Crippen molar-refractivity contribution in [3.05, 3.63) is 59.9 Å². The van der Waals surface area contributed by atoms with Crippen LogP contribution in [0.3, 0.4) is 0 Å². The normalized spacial score (nSPS) is 23.8. The molecular weight excluding hydrogens is 318 g/mol.